The Morgan fingerprint density at radius 1 is 1.35 bits per heavy atom. The number of carboxylic acids is 1. The minimum Gasteiger partial charge on any atom is -0.480 e. The first-order chi connectivity index (χ1) is 7.71. The standard InChI is InChI=1S/C14H20O2S/c1-9-8-11(14(3,4)5)6-7-12(9)17-10(2)13(15)16/h6-8,10H,1-5H3,(H,15,16). The molecule has 0 saturated heterocycles. The molecule has 0 aromatic heterocycles. The molecule has 1 atom stereocenters. The summed E-state index contributed by atoms with van der Waals surface area (Å²) in [5, 5.41) is 8.49. The maximum Gasteiger partial charge on any atom is 0.316 e. The Hall–Kier alpha value is -0.960. The quantitative estimate of drug-likeness (QED) is 0.830. The van der Waals surface area contributed by atoms with Crippen LogP contribution in [0.1, 0.15) is 38.8 Å². The van der Waals surface area contributed by atoms with Gasteiger partial charge in [0.2, 0.25) is 0 Å². The zero-order valence-corrected chi connectivity index (χ0v) is 11.9. The normalized spacial score (nSPS) is 13.5. The predicted molar refractivity (Wildman–Crippen MR) is 72.8 cm³/mol. The van der Waals surface area contributed by atoms with Crippen LogP contribution in [0, 0.1) is 6.92 Å². The van der Waals surface area contributed by atoms with Crippen LogP contribution in [0.5, 0.6) is 0 Å². The van der Waals surface area contributed by atoms with E-state index in [4.69, 9.17) is 5.11 Å². The third-order valence-electron chi connectivity index (χ3n) is 2.69. The average Bonchev–Trinajstić information content (AvgIpc) is 2.19. The third kappa shape index (κ3) is 3.77. The van der Waals surface area contributed by atoms with Crippen LogP contribution in [0.4, 0.5) is 0 Å². The Morgan fingerprint density at radius 2 is 1.94 bits per heavy atom. The maximum atomic E-state index is 10.8. The van der Waals surface area contributed by atoms with Gasteiger partial charge in [-0.25, -0.2) is 0 Å². The number of carboxylic acid groups (broad SMARTS) is 1. The molecule has 1 rings (SSSR count). The van der Waals surface area contributed by atoms with E-state index in [2.05, 4.69) is 32.9 Å². The summed E-state index contributed by atoms with van der Waals surface area (Å²) in [6, 6.07) is 6.26. The number of hydrogen-bond acceptors (Lipinski definition) is 2. The fourth-order valence-electron chi connectivity index (χ4n) is 1.49. The highest BCUT2D eigenvalue weighted by atomic mass is 32.2. The van der Waals surface area contributed by atoms with E-state index >= 15 is 0 Å². The highest BCUT2D eigenvalue weighted by molar-refractivity contribution is 8.00. The number of aryl methyl sites for hydroxylation is 1. The van der Waals surface area contributed by atoms with Crippen LogP contribution >= 0.6 is 11.8 Å². The maximum absolute atomic E-state index is 10.8. The van der Waals surface area contributed by atoms with Crippen LogP contribution in [-0.2, 0) is 10.2 Å². The SMILES string of the molecule is Cc1cc(C(C)(C)C)ccc1SC(C)C(=O)O. The molecule has 0 radical (unpaired) electrons. The fourth-order valence-corrected chi connectivity index (χ4v) is 2.36. The molecule has 0 amide bonds. The summed E-state index contributed by atoms with van der Waals surface area (Å²) in [6.07, 6.45) is 0. The number of carbonyl (C=O) groups is 1. The lowest BCUT2D eigenvalue weighted by Crippen LogP contribution is -2.13. The zero-order valence-electron chi connectivity index (χ0n) is 11.1. The molecular formula is C14H20O2S. The third-order valence-corrected chi connectivity index (χ3v) is 3.96. The van der Waals surface area contributed by atoms with Gasteiger partial charge in [-0.05, 0) is 36.5 Å². The Bertz CT molecular complexity index is 419. The second kappa shape index (κ2) is 5.13. The number of benzene rings is 1. The lowest BCUT2D eigenvalue weighted by atomic mass is 9.86. The van der Waals surface area contributed by atoms with Gasteiger partial charge in [-0.15, -0.1) is 11.8 Å². The molecule has 0 aliphatic carbocycles. The summed E-state index contributed by atoms with van der Waals surface area (Å²) in [6.45, 7) is 10.3. The highest BCUT2D eigenvalue weighted by Crippen LogP contribution is 2.30. The van der Waals surface area contributed by atoms with Crippen molar-refractivity contribution >= 4 is 17.7 Å². The Kier molecular flexibility index (Phi) is 4.26. The molecular weight excluding hydrogens is 232 g/mol. The van der Waals surface area contributed by atoms with Crippen molar-refractivity contribution < 1.29 is 9.90 Å². The van der Waals surface area contributed by atoms with Crippen molar-refractivity contribution in [1.82, 2.24) is 0 Å². The van der Waals surface area contributed by atoms with Crippen molar-refractivity contribution in [3.63, 3.8) is 0 Å². The van der Waals surface area contributed by atoms with Crippen LogP contribution in [-0.4, -0.2) is 16.3 Å². The van der Waals surface area contributed by atoms with Gasteiger partial charge in [0.1, 0.15) is 5.25 Å². The van der Waals surface area contributed by atoms with Crippen LogP contribution in [0.15, 0.2) is 23.1 Å². The topological polar surface area (TPSA) is 37.3 Å². The van der Waals surface area contributed by atoms with E-state index in [1.54, 1.807) is 6.92 Å². The first-order valence-electron chi connectivity index (χ1n) is 5.72. The van der Waals surface area contributed by atoms with Crippen LogP contribution in [0.3, 0.4) is 0 Å². The van der Waals surface area contributed by atoms with E-state index < -0.39 is 11.2 Å². The Labute approximate surface area is 107 Å². The first-order valence-corrected chi connectivity index (χ1v) is 6.60. The summed E-state index contributed by atoms with van der Waals surface area (Å²) in [4.78, 5) is 11.9. The zero-order chi connectivity index (χ0) is 13.2. The molecule has 1 aromatic rings. The molecule has 1 aromatic carbocycles. The summed E-state index contributed by atoms with van der Waals surface area (Å²) in [5.74, 6) is -0.769. The number of aliphatic carboxylic acids is 1. The van der Waals surface area contributed by atoms with Crippen molar-refractivity contribution in [3.8, 4) is 0 Å². The van der Waals surface area contributed by atoms with Gasteiger partial charge in [0, 0.05) is 4.90 Å². The van der Waals surface area contributed by atoms with Gasteiger partial charge in [-0.3, -0.25) is 4.79 Å². The van der Waals surface area contributed by atoms with Gasteiger partial charge in [0.05, 0.1) is 0 Å². The Balaban J connectivity index is 2.95. The fraction of sp³-hybridized carbons (Fsp3) is 0.500. The molecule has 1 N–H and O–H groups in total. The van der Waals surface area contributed by atoms with E-state index in [0.29, 0.717) is 0 Å². The molecule has 17 heavy (non-hydrogen) atoms. The van der Waals surface area contributed by atoms with Crippen molar-refractivity contribution in [1.29, 1.82) is 0 Å². The van der Waals surface area contributed by atoms with Crippen molar-refractivity contribution in [2.24, 2.45) is 0 Å². The molecule has 0 heterocycles. The molecule has 1 unspecified atom stereocenters. The molecule has 0 aliphatic heterocycles. The summed E-state index contributed by atoms with van der Waals surface area (Å²) in [5.41, 5.74) is 2.56. The van der Waals surface area contributed by atoms with Gasteiger partial charge in [-0.2, -0.15) is 0 Å². The summed E-state index contributed by atoms with van der Waals surface area (Å²) in [7, 11) is 0. The molecule has 94 valence electrons. The van der Waals surface area contributed by atoms with Gasteiger partial charge in [-0.1, -0.05) is 32.9 Å². The smallest absolute Gasteiger partial charge is 0.316 e. The Morgan fingerprint density at radius 3 is 2.35 bits per heavy atom. The van der Waals surface area contributed by atoms with Gasteiger partial charge >= 0.3 is 5.97 Å². The molecule has 0 spiro atoms. The van der Waals surface area contributed by atoms with Crippen molar-refractivity contribution in [2.45, 2.75) is 50.2 Å². The molecule has 0 fully saturated rings. The molecule has 0 aliphatic rings. The second-order valence-electron chi connectivity index (χ2n) is 5.33. The minimum atomic E-state index is -0.769. The minimum absolute atomic E-state index is 0.131. The van der Waals surface area contributed by atoms with Crippen LogP contribution < -0.4 is 0 Å². The van der Waals surface area contributed by atoms with Crippen LogP contribution in [0.25, 0.3) is 0 Å². The largest absolute Gasteiger partial charge is 0.480 e. The predicted octanol–water partition coefficient (Wildman–Crippen LogP) is 3.86. The number of hydrogen-bond donors (Lipinski definition) is 1. The van der Waals surface area contributed by atoms with E-state index in [1.165, 1.54) is 17.3 Å². The van der Waals surface area contributed by atoms with E-state index in [-0.39, 0.29) is 5.41 Å². The van der Waals surface area contributed by atoms with Gasteiger partial charge in [0.25, 0.3) is 0 Å². The molecule has 2 nitrogen and oxygen atoms in total. The number of rotatable bonds is 3. The van der Waals surface area contributed by atoms with Gasteiger partial charge < -0.3 is 5.11 Å². The van der Waals surface area contributed by atoms with E-state index in [9.17, 15) is 4.79 Å². The van der Waals surface area contributed by atoms with E-state index in [0.717, 1.165) is 10.5 Å². The first kappa shape index (κ1) is 14.1. The monoisotopic (exact) mass is 252 g/mol. The molecule has 0 saturated carbocycles. The lowest BCUT2D eigenvalue weighted by molar-refractivity contribution is -0.136. The number of thioether (sulfide) groups is 1. The van der Waals surface area contributed by atoms with Crippen LogP contribution in [0.2, 0.25) is 0 Å². The summed E-state index contributed by atoms with van der Waals surface area (Å²) < 4.78 is 0. The molecule has 3 heteroatoms. The average molecular weight is 252 g/mol. The van der Waals surface area contributed by atoms with Crippen molar-refractivity contribution in [3.05, 3.63) is 29.3 Å². The summed E-state index contributed by atoms with van der Waals surface area (Å²) >= 11 is 1.40. The lowest BCUT2D eigenvalue weighted by Gasteiger charge is -2.20. The second-order valence-corrected chi connectivity index (χ2v) is 6.71. The van der Waals surface area contributed by atoms with E-state index in [1.807, 2.05) is 13.0 Å². The highest BCUT2D eigenvalue weighted by Gasteiger charge is 2.17. The molecule has 0 bridgehead atoms. The van der Waals surface area contributed by atoms with Crippen molar-refractivity contribution in [2.75, 3.05) is 0 Å². The van der Waals surface area contributed by atoms with Gasteiger partial charge in [0.15, 0.2) is 0 Å².